The van der Waals surface area contributed by atoms with E-state index in [1.165, 1.54) is 11.0 Å². The second kappa shape index (κ2) is 7.60. The van der Waals surface area contributed by atoms with Gasteiger partial charge in [0.25, 0.3) is 17.7 Å². The van der Waals surface area contributed by atoms with E-state index in [0.29, 0.717) is 47.1 Å². The number of rotatable bonds is 3. The van der Waals surface area contributed by atoms with Crippen LogP contribution in [0.25, 0.3) is 11.3 Å². The highest BCUT2D eigenvalue weighted by atomic mass is 35.5. The van der Waals surface area contributed by atoms with Crippen LogP contribution in [0.4, 0.5) is 0 Å². The number of hydrogen-bond acceptors (Lipinski definition) is 5. The fourth-order valence-corrected chi connectivity index (χ4v) is 4.40. The maximum atomic E-state index is 13.2. The Bertz CT molecular complexity index is 1260. The minimum absolute atomic E-state index is 0.210. The van der Waals surface area contributed by atoms with Gasteiger partial charge in [-0.3, -0.25) is 19.3 Å². The summed E-state index contributed by atoms with van der Waals surface area (Å²) in [4.78, 5) is 41.2. The van der Waals surface area contributed by atoms with Gasteiger partial charge in [0.1, 0.15) is 5.69 Å². The zero-order valence-corrected chi connectivity index (χ0v) is 18.3. The molecule has 0 spiro atoms. The van der Waals surface area contributed by atoms with Crippen molar-refractivity contribution in [1.82, 2.24) is 15.0 Å². The van der Waals surface area contributed by atoms with Crippen molar-refractivity contribution in [3.63, 3.8) is 0 Å². The van der Waals surface area contributed by atoms with Crippen molar-refractivity contribution in [2.45, 2.75) is 32.9 Å². The Balaban J connectivity index is 1.39. The predicted octanol–water partition coefficient (Wildman–Crippen LogP) is 4.20. The minimum Gasteiger partial charge on any atom is -0.356 e. The van der Waals surface area contributed by atoms with Gasteiger partial charge in [0, 0.05) is 34.3 Å². The number of carbonyl (C=O) groups excluding carboxylic acids is 3. The van der Waals surface area contributed by atoms with Crippen LogP contribution in [-0.4, -0.2) is 45.3 Å². The van der Waals surface area contributed by atoms with Crippen molar-refractivity contribution < 1.29 is 18.9 Å². The summed E-state index contributed by atoms with van der Waals surface area (Å²) in [5.74, 6) is -0.199. The van der Waals surface area contributed by atoms with E-state index in [2.05, 4.69) is 5.16 Å². The molecular formula is C24H20ClN3O4. The van der Waals surface area contributed by atoms with E-state index in [0.717, 1.165) is 11.1 Å². The molecule has 3 amide bonds. The lowest BCUT2D eigenvalue weighted by molar-refractivity contribution is 0.0608. The maximum absolute atomic E-state index is 13.2. The zero-order valence-electron chi connectivity index (χ0n) is 17.6. The monoisotopic (exact) mass is 449 g/mol. The lowest BCUT2D eigenvalue weighted by Gasteiger charge is -2.26. The Kier molecular flexibility index (Phi) is 4.86. The molecule has 3 aromatic rings. The van der Waals surface area contributed by atoms with Gasteiger partial charge in [0.15, 0.2) is 5.76 Å². The van der Waals surface area contributed by atoms with Crippen LogP contribution in [0.5, 0.6) is 0 Å². The normalized spacial score (nSPS) is 15.4. The number of imide groups is 1. The molecule has 0 fully saturated rings. The Hall–Kier alpha value is -3.45. The van der Waals surface area contributed by atoms with E-state index in [4.69, 9.17) is 16.1 Å². The van der Waals surface area contributed by atoms with Crippen molar-refractivity contribution in [3.8, 4) is 11.3 Å². The topological polar surface area (TPSA) is 83.7 Å². The molecular weight excluding hydrogens is 430 g/mol. The van der Waals surface area contributed by atoms with E-state index in [9.17, 15) is 14.4 Å². The van der Waals surface area contributed by atoms with E-state index in [1.54, 1.807) is 43.0 Å². The predicted molar refractivity (Wildman–Crippen MR) is 117 cm³/mol. The molecule has 3 heterocycles. The molecule has 0 aliphatic carbocycles. The molecule has 2 aliphatic rings. The Labute approximate surface area is 189 Å². The molecule has 0 unspecified atom stereocenters. The summed E-state index contributed by atoms with van der Waals surface area (Å²) in [7, 11) is 0. The van der Waals surface area contributed by atoms with E-state index in [-0.39, 0.29) is 29.3 Å². The second-order valence-electron chi connectivity index (χ2n) is 8.25. The van der Waals surface area contributed by atoms with Gasteiger partial charge in [-0.15, -0.1) is 0 Å². The fourth-order valence-electron chi connectivity index (χ4n) is 4.28. The van der Waals surface area contributed by atoms with Crippen molar-refractivity contribution >= 4 is 29.3 Å². The quantitative estimate of drug-likeness (QED) is 0.559. The molecule has 0 saturated heterocycles. The first-order valence-corrected chi connectivity index (χ1v) is 10.8. The maximum Gasteiger partial charge on any atom is 0.261 e. The van der Waals surface area contributed by atoms with E-state index < -0.39 is 0 Å². The molecule has 0 radical (unpaired) electrons. The summed E-state index contributed by atoms with van der Waals surface area (Å²) in [6.45, 7) is 4.38. The molecule has 162 valence electrons. The number of amides is 3. The van der Waals surface area contributed by atoms with Gasteiger partial charge < -0.3 is 9.42 Å². The average Bonchev–Trinajstić information content (AvgIpc) is 3.32. The Morgan fingerprint density at radius 3 is 2.50 bits per heavy atom. The summed E-state index contributed by atoms with van der Waals surface area (Å²) < 4.78 is 5.58. The summed E-state index contributed by atoms with van der Waals surface area (Å²) in [5, 5.41) is 4.83. The first-order chi connectivity index (χ1) is 15.3. The summed E-state index contributed by atoms with van der Waals surface area (Å²) in [6.07, 6.45) is 0.603. The van der Waals surface area contributed by atoms with Crippen molar-refractivity contribution in [3.05, 3.63) is 75.4 Å². The highest BCUT2D eigenvalue weighted by molar-refractivity contribution is 6.30. The summed E-state index contributed by atoms with van der Waals surface area (Å²) in [5.41, 5.74) is 3.58. The van der Waals surface area contributed by atoms with Crippen molar-refractivity contribution in [2.24, 2.45) is 0 Å². The molecule has 8 heteroatoms. The standard InChI is InChI=1S/C24H20ClN3O4/c1-13(2)28-23(30)17-8-5-15(11-19(17)24(28)31)22(29)27-10-9-18-20(12-27)26-32-21(18)14-3-6-16(25)7-4-14/h3-8,11,13H,9-10,12H2,1-2H3. The smallest absolute Gasteiger partial charge is 0.261 e. The number of aromatic nitrogens is 1. The Morgan fingerprint density at radius 2 is 1.78 bits per heavy atom. The number of fused-ring (bicyclic) bond motifs is 2. The number of halogens is 1. The van der Waals surface area contributed by atoms with E-state index in [1.807, 2.05) is 12.1 Å². The van der Waals surface area contributed by atoms with Gasteiger partial charge in [0.05, 0.1) is 17.7 Å². The number of nitrogens with zero attached hydrogens (tertiary/aromatic N) is 3. The van der Waals surface area contributed by atoms with Gasteiger partial charge in [-0.05, 0) is 62.7 Å². The average molecular weight is 450 g/mol. The Morgan fingerprint density at radius 1 is 1.06 bits per heavy atom. The molecule has 32 heavy (non-hydrogen) atoms. The van der Waals surface area contributed by atoms with Gasteiger partial charge in [-0.25, -0.2) is 0 Å². The fraction of sp³-hybridized carbons (Fsp3) is 0.250. The van der Waals surface area contributed by atoms with Crippen LogP contribution < -0.4 is 0 Å². The van der Waals surface area contributed by atoms with Gasteiger partial charge >= 0.3 is 0 Å². The van der Waals surface area contributed by atoms with Crippen LogP contribution in [-0.2, 0) is 13.0 Å². The van der Waals surface area contributed by atoms with Crippen LogP contribution in [0.1, 0.15) is 56.2 Å². The van der Waals surface area contributed by atoms with Crippen LogP contribution in [0.3, 0.4) is 0 Å². The molecule has 0 saturated carbocycles. The van der Waals surface area contributed by atoms with E-state index >= 15 is 0 Å². The third-order valence-corrected chi connectivity index (χ3v) is 6.17. The SMILES string of the molecule is CC(C)N1C(=O)c2ccc(C(=O)N3CCc4c(noc4-c4ccc(Cl)cc4)C3)cc2C1=O. The first kappa shape index (κ1) is 20.5. The minimum atomic E-state index is -0.361. The third-order valence-electron chi connectivity index (χ3n) is 5.92. The largest absolute Gasteiger partial charge is 0.356 e. The summed E-state index contributed by atoms with van der Waals surface area (Å²) >= 11 is 5.97. The van der Waals surface area contributed by atoms with Crippen LogP contribution >= 0.6 is 11.6 Å². The molecule has 5 rings (SSSR count). The molecule has 0 atom stereocenters. The van der Waals surface area contributed by atoms with Gasteiger partial charge in [-0.2, -0.15) is 0 Å². The second-order valence-corrected chi connectivity index (χ2v) is 8.69. The lowest BCUT2D eigenvalue weighted by Crippen LogP contribution is -2.36. The molecule has 0 N–H and O–H groups in total. The van der Waals surface area contributed by atoms with Crippen LogP contribution in [0, 0.1) is 0 Å². The molecule has 0 bridgehead atoms. The molecule has 2 aromatic carbocycles. The number of benzene rings is 2. The van der Waals surface area contributed by atoms with Crippen molar-refractivity contribution in [1.29, 1.82) is 0 Å². The van der Waals surface area contributed by atoms with Gasteiger partial charge in [-0.1, -0.05) is 16.8 Å². The molecule has 2 aliphatic heterocycles. The molecule has 7 nitrogen and oxygen atoms in total. The number of hydrogen-bond donors (Lipinski definition) is 0. The highest BCUT2D eigenvalue weighted by Crippen LogP contribution is 2.32. The number of carbonyl (C=O) groups is 3. The lowest BCUT2D eigenvalue weighted by atomic mass is 9.99. The zero-order chi connectivity index (χ0) is 22.6. The van der Waals surface area contributed by atoms with Crippen LogP contribution in [0.15, 0.2) is 47.0 Å². The molecule has 1 aromatic heterocycles. The van der Waals surface area contributed by atoms with Gasteiger partial charge in [0.2, 0.25) is 0 Å². The summed E-state index contributed by atoms with van der Waals surface area (Å²) in [6, 6.07) is 11.8. The van der Waals surface area contributed by atoms with Crippen molar-refractivity contribution in [2.75, 3.05) is 6.54 Å². The highest BCUT2D eigenvalue weighted by Gasteiger charge is 2.38. The third kappa shape index (κ3) is 3.20. The van der Waals surface area contributed by atoms with Crippen LogP contribution in [0.2, 0.25) is 5.02 Å². The first-order valence-electron chi connectivity index (χ1n) is 10.4.